The highest BCUT2D eigenvalue weighted by molar-refractivity contribution is 7.89. The van der Waals surface area contributed by atoms with Crippen molar-refractivity contribution in [1.29, 1.82) is 0 Å². The van der Waals surface area contributed by atoms with Gasteiger partial charge >= 0.3 is 5.97 Å². The molecule has 2 heterocycles. The summed E-state index contributed by atoms with van der Waals surface area (Å²) in [6.45, 7) is 0. The van der Waals surface area contributed by atoms with E-state index in [0.29, 0.717) is 18.5 Å². The van der Waals surface area contributed by atoms with Gasteiger partial charge in [-0.05, 0) is 41.6 Å². The summed E-state index contributed by atoms with van der Waals surface area (Å²) in [6, 6.07) is 7.44. The molecule has 3 rings (SSSR count). The van der Waals surface area contributed by atoms with Gasteiger partial charge in [0.2, 0.25) is 15.9 Å². The Bertz CT molecular complexity index is 923. The molecule has 9 heteroatoms. The van der Waals surface area contributed by atoms with Gasteiger partial charge in [-0.2, -0.15) is 0 Å². The summed E-state index contributed by atoms with van der Waals surface area (Å²) >= 11 is 1.36. The summed E-state index contributed by atoms with van der Waals surface area (Å²) in [5.41, 5.74) is 1.40. The number of benzene rings is 1. The second kappa shape index (κ2) is 7.56. The fraction of sp³-hybridized carbons (Fsp3) is 0.294. The molecule has 0 spiro atoms. The maximum Gasteiger partial charge on any atom is 0.307 e. The standard InChI is InChI=1S/C17H18N2O5S2/c1-24-17(21)10-14(15-3-2-8-25-15)19-26(22,23)12-5-6-13-11(9-12)4-7-16(20)18-13/h2-3,5-6,8-9,14,19H,4,7,10H2,1H3,(H,18,20). The Kier molecular flexibility index (Phi) is 5.40. The SMILES string of the molecule is COC(=O)CC(NS(=O)(=O)c1ccc2c(c1)CCC(=O)N2)c1cccs1. The van der Waals surface area contributed by atoms with Gasteiger partial charge in [0, 0.05) is 17.0 Å². The Morgan fingerprint density at radius 3 is 2.85 bits per heavy atom. The van der Waals surface area contributed by atoms with Gasteiger partial charge in [0.25, 0.3) is 0 Å². The second-order valence-corrected chi connectivity index (χ2v) is 8.53. The van der Waals surface area contributed by atoms with Crippen LogP contribution in [0.1, 0.15) is 29.3 Å². The van der Waals surface area contributed by atoms with E-state index in [-0.39, 0.29) is 17.2 Å². The highest BCUT2D eigenvalue weighted by Gasteiger charge is 2.26. The number of carbonyl (C=O) groups excluding carboxylic acids is 2. The van der Waals surface area contributed by atoms with Crippen molar-refractivity contribution in [2.75, 3.05) is 12.4 Å². The van der Waals surface area contributed by atoms with Gasteiger partial charge in [0.15, 0.2) is 0 Å². The normalized spacial score (nSPS) is 15.0. The molecule has 0 saturated carbocycles. The summed E-state index contributed by atoms with van der Waals surface area (Å²) in [4.78, 5) is 23.9. The van der Waals surface area contributed by atoms with Gasteiger partial charge in [0.1, 0.15) is 0 Å². The number of carbonyl (C=O) groups is 2. The largest absolute Gasteiger partial charge is 0.469 e. The Morgan fingerprint density at radius 2 is 2.15 bits per heavy atom. The van der Waals surface area contributed by atoms with Crippen molar-refractivity contribution in [3.8, 4) is 0 Å². The molecule has 1 aromatic heterocycles. The van der Waals surface area contributed by atoms with E-state index in [1.54, 1.807) is 24.3 Å². The van der Waals surface area contributed by atoms with Crippen LogP contribution in [0.2, 0.25) is 0 Å². The van der Waals surface area contributed by atoms with Crippen LogP contribution in [-0.2, 0) is 30.8 Å². The van der Waals surface area contributed by atoms with Crippen LogP contribution in [0.15, 0.2) is 40.6 Å². The molecule has 26 heavy (non-hydrogen) atoms. The number of esters is 1. The van der Waals surface area contributed by atoms with E-state index in [4.69, 9.17) is 0 Å². The van der Waals surface area contributed by atoms with E-state index in [0.717, 1.165) is 10.4 Å². The van der Waals surface area contributed by atoms with Crippen molar-refractivity contribution in [2.45, 2.75) is 30.2 Å². The maximum absolute atomic E-state index is 12.8. The lowest BCUT2D eigenvalue weighted by molar-refractivity contribution is -0.141. The van der Waals surface area contributed by atoms with Crippen LogP contribution in [0, 0.1) is 0 Å². The highest BCUT2D eigenvalue weighted by Crippen LogP contribution is 2.28. The molecule has 0 saturated heterocycles. The van der Waals surface area contributed by atoms with Crippen molar-refractivity contribution in [3.05, 3.63) is 46.2 Å². The first-order chi connectivity index (χ1) is 12.4. The zero-order valence-electron chi connectivity index (χ0n) is 14.0. The zero-order valence-corrected chi connectivity index (χ0v) is 15.7. The molecule has 1 aliphatic rings. The monoisotopic (exact) mass is 394 g/mol. The number of sulfonamides is 1. The number of fused-ring (bicyclic) bond motifs is 1. The minimum Gasteiger partial charge on any atom is -0.469 e. The molecule has 2 N–H and O–H groups in total. The Labute approximate surface area is 155 Å². The quantitative estimate of drug-likeness (QED) is 0.732. The molecular formula is C17H18N2O5S2. The smallest absolute Gasteiger partial charge is 0.307 e. The number of aryl methyl sites for hydroxylation is 1. The van der Waals surface area contributed by atoms with E-state index in [9.17, 15) is 18.0 Å². The molecule has 1 aliphatic heterocycles. The summed E-state index contributed by atoms with van der Waals surface area (Å²) in [7, 11) is -2.59. The maximum atomic E-state index is 12.8. The molecule has 2 aromatic rings. The predicted octanol–water partition coefficient (Wildman–Crippen LogP) is 2.22. The molecule has 0 fully saturated rings. The van der Waals surface area contributed by atoms with Crippen LogP contribution in [0.3, 0.4) is 0 Å². The average Bonchev–Trinajstić information content (AvgIpc) is 3.15. The van der Waals surface area contributed by atoms with Crippen LogP contribution in [0.5, 0.6) is 0 Å². The van der Waals surface area contributed by atoms with Gasteiger partial charge in [-0.1, -0.05) is 6.07 Å². The molecule has 1 aromatic carbocycles. The molecule has 0 bridgehead atoms. The van der Waals surface area contributed by atoms with Gasteiger partial charge in [-0.3, -0.25) is 9.59 Å². The van der Waals surface area contributed by atoms with Gasteiger partial charge in [0.05, 0.1) is 24.5 Å². The molecule has 138 valence electrons. The van der Waals surface area contributed by atoms with Crippen LogP contribution in [0.25, 0.3) is 0 Å². The van der Waals surface area contributed by atoms with Crippen molar-refractivity contribution in [1.82, 2.24) is 4.72 Å². The number of thiophene rings is 1. The van der Waals surface area contributed by atoms with Crippen LogP contribution in [-0.4, -0.2) is 27.4 Å². The lowest BCUT2D eigenvalue weighted by atomic mass is 10.0. The molecule has 1 atom stereocenters. The molecule has 0 aliphatic carbocycles. The van der Waals surface area contributed by atoms with Crippen molar-refractivity contribution in [3.63, 3.8) is 0 Å². The molecule has 7 nitrogen and oxygen atoms in total. The van der Waals surface area contributed by atoms with Crippen molar-refractivity contribution in [2.24, 2.45) is 0 Å². The number of nitrogens with one attached hydrogen (secondary N) is 2. The Morgan fingerprint density at radius 1 is 1.35 bits per heavy atom. The molecule has 1 amide bonds. The van der Waals surface area contributed by atoms with Gasteiger partial charge < -0.3 is 10.1 Å². The molecule has 0 radical (unpaired) electrons. The second-order valence-electron chi connectivity index (χ2n) is 5.84. The van der Waals surface area contributed by atoms with Crippen LogP contribution in [0.4, 0.5) is 5.69 Å². The van der Waals surface area contributed by atoms with Gasteiger partial charge in [-0.25, -0.2) is 13.1 Å². The van der Waals surface area contributed by atoms with E-state index in [1.807, 2.05) is 5.38 Å². The summed E-state index contributed by atoms with van der Waals surface area (Å²) < 4.78 is 32.9. The Hall–Kier alpha value is -2.23. The number of anilines is 1. The number of methoxy groups -OCH3 is 1. The number of hydrogen-bond donors (Lipinski definition) is 2. The third-order valence-electron chi connectivity index (χ3n) is 4.06. The fourth-order valence-electron chi connectivity index (χ4n) is 2.72. The zero-order chi connectivity index (χ0) is 18.7. The first-order valence-corrected chi connectivity index (χ1v) is 10.3. The van der Waals surface area contributed by atoms with Crippen LogP contribution >= 0.6 is 11.3 Å². The topological polar surface area (TPSA) is 102 Å². The van der Waals surface area contributed by atoms with E-state index in [2.05, 4.69) is 14.8 Å². The highest BCUT2D eigenvalue weighted by atomic mass is 32.2. The number of rotatable bonds is 6. The fourth-order valence-corrected chi connectivity index (χ4v) is 4.84. The van der Waals surface area contributed by atoms with E-state index >= 15 is 0 Å². The Balaban J connectivity index is 1.86. The van der Waals surface area contributed by atoms with E-state index < -0.39 is 22.0 Å². The van der Waals surface area contributed by atoms with Crippen molar-refractivity contribution >= 4 is 38.9 Å². The first kappa shape index (κ1) is 18.6. The summed E-state index contributed by atoms with van der Waals surface area (Å²) in [6.07, 6.45) is 0.711. The third-order valence-corrected chi connectivity index (χ3v) is 6.52. The minimum absolute atomic E-state index is 0.0814. The summed E-state index contributed by atoms with van der Waals surface area (Å²) in [5.74, 6) is -0.582. The molecule has 1 unspecified atom stereocenters. The lowest BCUT2D eigenvalue weighted by Crippen LogP contribution is -2.30. The number of hydrogen-bond acceptors (Lipinski definition) is 6. The minimum atomic E-state index is -3.85. The number of amides is 1. The summed E-state index contributed by atoms with van der Waals surface area (Å²) in [5, 5.41) is 4.54. The van der Waals surface area contributed by atoms with Crippen molar-refractivity contribution < 1.29 is 22.7 Å². The number of ether oxygens (including phenoxy) is 1. The predicted molar refractivity (Wildman–Crippen MR) is 97.4 cm³/mol. The lowest BCUT2D eigenvalue weighted by Gasteiger charge is -2.19. The van der Waals surface area contributed by atoms with Gasteiger partial charge in [-0.15, -0.1) is 11.3 Å². The van der Waals surface area contributed by atoms with E-state index in [1.165, 1.54) is 24.5 Å². The first-order valence-electron chi connectivity index (χ1n) is 7.94. The third kappa shape index (κ3) is 4.12. The molecular weight excluding hydrogens is 376 g/mol. The average molecular weight is 394 g/mol. The van der Waals surface area contributed by atoms with Crippen LogP contribution < -0.4 is 10.0 Å².